The third-order valence-corrected chi connectivity index (χ3v) is 6.18. The maximum Gasteiger partial charge on any atom is 0.266 e. The minimum Gasteiger partial charge on any atom is -0.306 e. The number of aromatic nitrogens is 6. The van der Waals surface area contributed by atoms with E-state index in [1.54, 1.807) is 22.9 Å². The van der Waals surface area contributed by atoms with E-state index in [9.17, 15) is 9.18 Å². The number of aryl methyl sites for hydroxylation is 4. The van der Waals surface area contributed by atoms with Crippen molar-refractivity contribution in [3.8, 4) is 11.6 Å². The number of rotatable bonds is 4. The molecule has 0 saturated carbocycles. The zero-order valence-electron chi connectivity index (χ0n) is 18.4. The van der Waals surface area contributed by atoms with Gasteiger partial charge in [-0.05, 0) is 64.1 Å². The summed E-state index contributed by atoms with van der Waals surface area (Å²) >= 11 is 1.32. The number of hydrogen-bond acceptors (Lipinski definition) is 6. The lowest BCUT2D eigenvalue weighted by atomic mass is 10.3. The number of halogens is 1. The number of carbonyl (C=O) groups is 1. The molecule has 5 aromatic rings. The summed E-state index contributed by atoms with van der Waals surface area (Å²) in [6.45, 7) is 7.50. The second-order valence-electron chi connectivity index (χ2n) is 7.79. The number of benzene rings is 1. The van der Waals surface area contributed by atoms with Crippen LogP contribution in [-0.4, -0.2) is 35.4 Å². The van der Waals surface area contributed by atoms with Crippen molar-refractivity contribution in [1.82, 2.24) is 29.5 Å². The van der Waals surface area contributed by atoms with Crippen LogP contribution in [0.15, 0.2) is 42.5 Å². The molecule has 0 aliphatic carbocycles. The van der Waals surface area contributed by atoms with Gasteiger partial charge in [0, 0.05) is 22.8 Å². The number of nitrogens with zero attached hydrogens (tertiary/aromatic N) is 6. The van der Waals surface area contributed by atoms with Crippen LogP contribution in [0.1, 0.15) is 32.4 Å². The van der Waals surface area contributed by atoms with Gasteiger partial charge in [-0.3, -0.25) is 4.79 Å². The maximum absolute atomic E-state index is 13.3. The number of carbonyl (C=O) groups excluding carboxylic acids is 1. The van der Waals surface area contributed by atoms with Crippen molar-refractivity contribution in [2.75, 3.05) is 5.32 Å². The summed E-state index contributed by atoms with van der Waals surface area (Å²) < 4.78 is 16.6. The van der Waals surface area contributed by atoms with Crippen LogP contribution in [0.2, 0.25) is 0 Å². The molecule has 4 heterocycles. The standard InChI is InChI=1S/C23H20FN7OS/c1-12-9-13(2)26-23(25-12)31-20(10-14(3)28-31)27-21(32)19-11-18-15(4)29-30(22(18)33-19)17-7-5-16(24)6-8-17/h5-11H,1-4H3,(H,27,32). The topological polar surface area (TPSA) is 90.5 Å². The van der Waals surface area contributed by atoms with E-state index < -0.39 is 0 Å². The van der Waals surface area contributed by atoms with Crippen molar-refractivity contribution in [2.45, 2.75) is 27.7 Å². The summed E-state index contributed by atoms with van der Waals surface area (Å²) in [5.41, 5.74) is 3.87. The highest BCUT2D eigenvalue weighted by Crippen LogP contribution is 2.31. The molecule has 0 unspecified atom stereocenters. The molecule has 33 heavy (non-hydrogen) atoms. The van der Waals surface area contributed by atoms with Crippen LogP contribution in [-0.2, 0) is 0 Å². The van der Waals surface area contributed by atoms with Crippen LogP contribution >= 0.6 is 11.3 Å². The van der Waals surface area contributed by atoms with Gasteiger partial charge in [0.1, 0.15) is 16.5 Å². The van der Waals surface area contributed by atoms with Crippen molar-refractivity contribution in [1.29, 1.82) is 0 Å². The average Bonchev–Trinajstić information content (AvgIpc) is 3.43. The molecule has 0 fully saturated rings. The van der Waals surface area contributed by atoms with Gasteiger partial charge >= 0.3 is 0 Å². The first-order valence-electron chi connectivity index (χ1n) is 10.2. The number of nitrogens with one attached hydrogen (secondary N) is 1. The highest BCUT2D eigenvalue weighted by atomic mass is 32.1. The molecule has 0 aliphatic rings. The fourth-order valence-electron chi connectivity index (χ4n) is 3.64. The van der Waals surface area contributed by atoms with Crippen LogP contribution in [0.25, 0.3) is 21.9 Å². The van der Waals surface area contributed by atoms with E-state index in [1.165, 1.54) is 28.2 Å². The summed E-state index contributed by atoms with van der Waals surface area (Å²) in [5.74, 6) is 0.295. The molecule has 0 saturated heterocycles. The molecule has 0 radical (unpaired) electrons. The first-order valence-corrected chi connectivity index (χ1v) is 11.1. The fourth-order valence-corrected chi connectivity index (χ4v) is 4.72. The number of fused-ring (bicyclic) bond motifs is 1. The molecular weight excluding hydrogens is 441 g/mol. The molecule has 8 nitrogen and oxygen atoms in total. The van der Waals surface area contributed by atoms with E-state index in [4.69, 9.17) is 0 Å². The van der Waals surface area contributed by atoms with Gasteiger partial charge in [-0.15, -0.1) is 11.3 Å². The molecule has 4 aromatic heterocycles. The van der Waals surface area contributed by atoms with Crippen molar-refractivity contribution in [3.63, 3.8) is 0 Å². The quantitative estimate of drug-likeness (QED) is 0.419. The Kier molecular flexibility index (Phi) is 5.01. The SMILES string of the molecule is Cc1cc(C)nc(-n2nc(C)cc2NC(=O)c2cc3c(C)nn(-c4ccc(F)cc4)c3s2)n1. The molecule has 0 aliphatic heterocycles. The zero-order chi connectivity index (χ0) is 23.3. The monoisotopic (exact) mass is 461 g/mol. The van der Waals surface area contributed by atoms with Crippen LogP contribution < -0.4 is 5.32 Å². The predicted octanol–water partition coefficient (Wildman–Crippen LogP) is 4.69. The smallest absolute Gasteiger partial charge is 0.266 e. The molecule has 0 bridgehead atoms. The Morgan fingerprint density at radius 1 is 0.909 bits per heavy atom. The van der Waals surface area contributed by atoms with Gasteiger partial charge in [0.2, 0.25) is 0 Å². The molecule has 5 rings (SSSR count). The van der Waals surface area contributed by atoms with Gasteiger partial charge < -0.3 is 5.32 Å². The normalized spacial score (nSPS) is 11.3. The van der Waals surface area contributed by atoms with Gasteiger partial charge in [-0.1, -0.05) is 0 Å². The van der Waals surface area contributed by atoms with Crippen molar-refractivity contribution < 1.29 is 9.18 Å². The summed E-state index contributed by atoms with van der Waals surface area (Å²) in [5, 5.41) is 12.8. The Labute approximate surface area is 192 Å². The van der Waals surface area contributed by atoms with E-state index in [0.717, 1.165) is 38.7 Å². The highest BCUT2D eigenvalue weighted by Gasteiger charge is 2.20. The zero-order valence-corrected chi connectivity index (χ0v) is 19.2. The summed E-state index contributed by atoms with van der Waals surface area (Å²) in [7, 11) is 0. The number of thiophene rings is 1. The molecule has 10 heteroatoms. The summed E-state index contributed by atoms with van der Waals surface area (Å²) in [4.78, 5) is 23.4. The van der Waals surface area contributed by atoms with Gasteiger partial charge in [0.25, 0.3) is 11.9 Å². The Balaban J connectivity index is 1.50. The van der Waals surface area contributed by atoms with E-state index in [2.05, 4.69) is 25.5 Å². The van der Waals surface area contributed by atoms with E-state index in [1.807, 2.05) is 39.8 Å². The lowest BCUT2D eigenvalue weighted by Gasteiger charge is -2.08. The van der Waals surface area contributed by atoms with Crippen molar-refractivity contribution >= 4 is 33.3 Å². The number of hydrogen-bond donors (Lipinski definition) is 1. The molecule has 1 amide bonds. The fraction of sp³-hybridized carbons (Fsp3) is 0.174. The molecule has 1 aromatic carbocycles. The van der Waals surface area contributed by atoms with Gasteiger partial charge in [0.15, 0.2) is 0 Å². The van der Waals surface area contributed by atoms with E-state index in [-0.39, 0.29) is 11.7 Å². The van der Waals surface area contributed by atoms with Gasteiger partial charge in [-0.25, -0.2) is 19.0 Å². The van der Waals surface area contributed by atoms with Gasteiger partial charge in [-0.2, -0.15) is 14.9 Å². The summed E-state index contributed by atoms with van der Waals surface area (Å²) in [6.07, 6.45) is 0. The molecular formula is C23H20FN7OS. The third-order valence-electron chi connectivity index (χ3n) is 5.07. The predicted molar refractivity (Wildman–Crippen MR) is 125 cm³/mol. The lowest BCUT2D eigenvalue weighted by Crippen LogP contribution is -2.15. The lowest BCUT2D eigenvalue weighted by molar-refractivity contribution is 0.103. The van der Waals surface area contributed by atoms with Crippen LogP contribution in [0.4, 0.5) is 10.2 Å². The Bertz CT molecular complexity index is 1490. The van der Waals surface area contributed by atoms with Crippen LogP contribution in [0.5, 0.6) is 0 Å². The Morgan fingerprint density at radius 3 is 2.30 bits per heavy atom. The molecule has 0 spiro atoms. The van der Waals surface area contributed by atoms with Crippen molar-refractivity contribution in [3.05, 3.63) is 75.9 Å². The van der Waals surface area contributed by atoms with Crippen molar-refractivity contribution in [2.24, 2.45) is 0 Å². The van der Waals surface area contributed by atoms with E-state index in [0.29, 0.717) is 16.6 Å². The largest absolute Gasteiger partial charge is 0.306 e. The first kappa shape index (κ1) is 21.0. The summed E-state index contributed by atoms with van der Waals surface area (Å²) in [6, 6.07) is 11.6. The molecule has 1 N–H and O–H groups in total. The van der Waals surface area contributed by atoms with Crippen LogP contribution in [0.3, 0.4) is 0 Å². The minimum atomic E-state index is -0.315. The number of anilines is 1. The van der Waals surface area contributed by atoms with E-state index >= 15 is 0 Å². The number of amides is 1. The van der Waals surface area contributed by atoms with Crippen LogP contribution in [0, 0.1) is 33.5 Å². The first-order chi connectivity index (χ1) is 15.8. The minimum absolute atomic E-state index is 0.271. The Morgan fingerprint density at radius 2 is 1.61 bits per heavy atom. The second-order valence-corrected chi connectivity index (χ2v) is 8.82. The highest BCUT2D eigenvalue weighted by molar-refractivity contribution is 7.20. The maximum atomic E-state index is 13.3. The van der Waals surface area contributed by atoms with Gasteiger partial charge in [0.05, 0.1) is 22.0 Å². The average molecular weight is 462 g/mol. The molecule has 166 valence electrons. The second kappa shape index (κ2) is 7.89. The Hall–Kier alpha value is -3.92. The molecule has 0 atom stereocenters. The third kappa shape index (κ3) is 3.89.